The molecule has 2 aromatic carbocycles. The number of benzene rings is 2. The van der Waals surface area contributed by atoms with Crippen LogP contribution >= 0.6 is 11.8 Å². The third-order valence-electron chi connectivity index (χ3n) is 6.61. The maximum absolute atomic E-state index is 13.6. The number of piperidine rings is 1. The first-order chi connectivity index (χ1) is 16.6. The van der Waals surface area contributed by atoms with Gasteiger partial charge in [0.15, 0.2) is 11.0 Å². The first-order valence-corrected chi connectivity index (χ1v) is 13.0. The Balaban J connectivity index is 1.40. The number of aryl methyl sites for hydroxylation is 1. The van der Waals surface area contributed by atoms with Crippen LogP contribution in [0, 0.1) is 5.82 Å². The molecule has 0 saturated carbocycles. The Morgan fingerprint density at radius 3 is 2.56 bits per heavy atom. The maximum atomic E-state index is 13.6. The lowest BCUT2D eigenvalue weighted by Crippen LogP contribution is -2.40. The van der Waals surface area contributed by atoms with Crippen molar-refractivity contribution in [3.05, 3.63) is 65.7 Å². The summed E-state index contributed by atoms with van der Waals surface area (Å²) in [6.07, 6.45) is 5.61. The summed E-state index contributed by atoms with van der Waals surface area (Å²) < 4.78 is 15.6. The first-order valence-electron chi connectivity index (χ1n) is 12.1. The highest BCUT2D eigenvalue weighted by Gasteiger charge is 2.29. The highest BCUT2D eigenvalue weighted by Crippen LogP contribution is 2.32. The zero-order valence-electron chi connectivity index (χ0n) is 19.5. The van der Waals surface area contributed by atoms with E-state index in [1.165, 1.54) is 48.7 Å². The Morgan fingerprint density at radius 2 is 1.76 bits per heavy atom. The highest BCUT2D eigenvalue weighted by molar-refractivity contribution is 8.00. The molecule has 1 fully saturated rings. The number of nitrogens with zero attached hydrogens (tertiary/aromatic N) is 5. The number of carbonyl (C=O) groups is 1. The minimum Gasteiger partial charge on any atom is -0.311 e. The molecular formula is C26H30FN5OS. The van der Waals surface area contributed by atoms with E-state index in [4.69, 9.17) is 0 Å². The fraction of sp³-hybridized carbons (Fsp3) is 0.423. The molecule has 0 bridgehead atoms. The van der Waals surface area contributed by atoms with E-state index in [0.29, 0.717) is 11.7 Å². The number of carbonyl (C=O) groups excluding carboxylic acids is 1. The molecule has 34 heavy (non-hydrogen) atoms. The van der Waals surface area contributed by atoms with Crippen LogP contribution in [0.1, 0.15) is 44.0 Å². The zero-order valence-corrected chi connectivity index (χ0v) is 20.3. The Bertz CT molecular complexity index is 1140. The Kier molecular flexibility index (Phi) is 6.97. The predicted molar refractivity (Wildman–Crippen MR) is 133 cm³/mol. The summed E-state index contributed by atoms with van der Waals surface area (Å²) in [7, 11) is 0. The predicted octanol–water partition coefficient (Wildman–Crippen LogP) is 4.85. The number of aromatic nitrogens is 3. The van der Waals surface area contributed by atoms with E-state index in [2.05, 4.69) is 21.2 Å². The van der Waals surface area contributed by atoms with Gasteiger partial charge in [0.05, 0.1) is 11.8 Å². The molecule has 3 aromatic rings. The Hall–Kier alpha value is -2.71. The van der Waals surface area contributed by atoms with Gasteiger partial charge < -0.3 is 4.90 Å². The summed E-state index contributed by atoms with van der Waals surface area (Å²) in [6.45, 7) is 5.43. The van der Waals surface area contributed by atoms with Gasteiger partial charge in [0.25, 0.3) is 0 Å². The molecule has 2 aliphatic heterocycles. The Labute approximate surface area is 204 Å². The minimum absolute atomic E-state index is 0.0726. The van der Waals surface area contributed by atoms with Gasteiger partial charge in [0.1, 0.15) is 5.82 Å². The summed E-state index contributed by atoms with van der Waals surface area (Å²) in [5, 5.41) is 9.30. The van der Waals surface area contributed by atoms with Crippen molar-refractivity contribution in [1.29, 1.82) is 0 Å². The monoisotopic (exact) mass is 479 g/mol. The van der Waals surface area contributed by atoms with Crippen LogP contribution in [0.5, 0.6) is 0 Å². The number of likely N-dealkylation sites (tertiary alicyclic amines) is 1. The molecule has 0 radical (unpaired) electrons. The van der Waals surface area contributed by atoms with Crippen molar-refractivity contribution in [3.8, 4) is 5.69 Å². The fourth-order valence-electron chi connectivity index (χ4n) is 4.84. The van der Waals surface area contributed by atoms with Crippen molar-refractivity contribution in [2.45, 2.75) is 56.0 Å². The van der Waals surface area contributed by atoms with Gasteiger partial charge in [0.2, 0.25) is 5.91 Å². The number of para-hydroxylation sites is 1. The number of anilines is 1. The molecule has 3 heterocycles. The lowest BCUT2D eigenvalue weighted by atomic mass is 10.0. The van der Waals surface area contributed by atoms with E-state index in [0.717, 1.165) is 49.7 Å². The van der Waals surface area contributed by atoms with Crippen molar-refractivity contribution in [1.82, 2.24) is 19.7 Å². The van der Waals surface area contributed by atoms with Crippen LogP contribution in [0.2, 0.25) is 0 Å². The molecule has 1 aromatic heterocycles. The number of hydrogen-bond acceptors (Lipinski definition) is 5. The third-order valence-corrected chi connectivity index (χ3v) is 7.64. The van der Waals surface area contributed by atoms with Gasteiger partial charge >= 0.3 is 0 Å². The van der Waals surface area contributed by atoms with Crippen LogP contribution in [-0.4, -0.2) is 50.5 Å². The number of hydrogen-bond donors (Lipinski definition) is 0. The van der Waals surface area contributed by atoms with E-state index in [-0.39, 0.29) is 17.0 Å². The van der Waals surface area contributed by atoms with E-state index in [1.807, 2.05) is 34.6 Å². The second-order valence-corrected chi connectivity index (χ2v) is 10.3. The van der Waals surface area contributed by atoms with E-state index in [9.17, 15) is 9.18 Å². The molecule has 5 rings (SSSR count). The van der Waals surface area contributed by atoms with Gasteiger partial charge in [-0.25, -0.2) is 4.39 Å². The SMILES string of the molecule is C[C@H](Sc1nnc(CN2CCCCC2)n1-c1ccc(F)cc1)C(=O)N1CCCc2ccccc21. The molecule has 2 aliphatic rings. The van der Waals surface area contributed by atoms with Gasteiger partial charge in [-0.05, 0) is 81.6 Å². The number of thioether (sulfide) groups is 1. The quantitative estimate of drug-likeness (QED) is 0.473. The summed E-state index contributed by atoms with van der Waals surface area (Å²) in [5.41, 5.74) is 3.04. The normalized spacial score (nSPS) is 17.4. The first kappa shape index (κ1) is 23.1. The van der Waals surface area contributed by atoms with Crippen molar-refractivity contribution in [2.75, 3.05) is 24.5 Å². The van der Waals surface area contributed by atoms with Crippen LogP contribution < -0.4 is 4.90 Å². The largest absolute Gasteiger partial charge is 0.311 e. The van der Waals surface area contributed by atoms with Crippen LogP contribution in [-0.2, 0) is 17.8 Å². The van der Waals surface area contributed by atoms with Gasteiger partial charge in [-0.2, -0.15) is 0 Å². The van der Waals surface area contributed by atoms with Gasteiger partial charge in [0, 0.05) is 17.9 Å². The molecule has 178 valence electrons. The number of amides is 1. The average Bonchev–Trinajstić information content (AvgIpc) is 3.26. The lowest BCUT2D eigenvalue weighted by Gasteiger charge is -2.31. The number of halogens is 1. The van der Waals surface area contributed by atoms with Crippen molar-refractivity contribution >= 4 is 23.4 Å². The summed E-state index contributed by atoms with van der Waals surface area (Å²) in [5.74, 6) is 0.610. The molecule has 0 unspecified atom stereocenters. The molecule has 0 N–H and O–H groups in total. The molecule has 1 amide bonds. The topological polar surface area (TPSA) is 54.3 Å². The summed E-state index contributed by atoms with van der Waals surface area (Å²) in [6, 6.07) is 14.5. The van der Waals surface area contributed by atoms with Crippen LogP contribution in [0.25, 0.3) is 5.69 Å². The van der Waals surface area contributed by atoms with Crippen molar-refractivity contribution in [3.63, 3.8) is 0 Å². The third kappa shape index (κ3) is 4.88. The second kappa shape index (κ2) is 10.3. The molecule has 8 heteroatoms. The van der Waals surface area contributed by atoms with Gasteiger partial charge in [-0.1, -0.05) is 36.4 Å². The molecular weight excluding hydrogens is 449 g/mol. The van der Waals surface area contributed by atoms with Crippen LogP contribution in [0.3, 0.4) is 0 Å². The van der Waals surface area contributed by atoms with E-state index in [1.54, 1.807) is 12.1 Å². The minimum atomic E-state index is -0.336. The van der Waals surface area contributed by atoms with Crippen LogP contribution in [0.4, 0.5) is 10.1 Å². The number of rotatable bonds is 6. The smallest absolute Gasteiger partial charge is 0.240 e. The molecule has 0 spiro atoms. The lowest BCUT2D eigenvalue weighted by molar-refractivity contribution is -0.117. The summed E-state index contributed by atoms with van der Waals surface area (Å²) in [4.78, 5) is 17.8. The van der Waals surface area contributed by atoms with Gasteiger partial charge in [-0.3, -0.25) is 14.3 Å². The molecule has 1 saturated heterocycles. The van der Waals surface area contributed by atoms with Crippen molar-refractivity contribution in [2.24, 2.45) is 0 Å². The molecule has 6 nitrogen and oxygen atoms in total. The maximum Gasteiger partial charge on any atom is 0.240 e. The summed E-state index contributed by atoms with van der Waals surface area (Å²) >= 11 is 1.41. The Morgan fingerprint density at radius 1 is 1.00 bits per heavy atom. The van der Waals surface area contributed by atoms with Gasteiger partial charge in [-0.15, -0.1) is 10.2 Å². The number of fused-ring (bicyclic) bond motifs is 1. The highest BCUT2D eigenvalue weighted by atomic mass is 32.2. The fourth-order valence-corrected chi connectivity index (χ4v) is 5.79. The van der Waals surface area contributed by atoms with Crippen LogP contribution in [0.15, 0.2) is 53.7 Å². The van der Waals surface area contributed by atoms with Crippen molar-refractivity contribution < 1.29 is 9.18 Å². The second-order valence-electron chi connectivity index (χ2n) is 9.03. The average molecular weight is 480 g/mol. The van der Waals surface area contributed by atoms with E-state index >= 15 is 0 Å². The molecule has 0 aliphatic carbocycles. The molecule has 1 atom stereocenters. The van der Waals surface area contributed by atoms with E-state index < -0.39 is 0 Å². The zero-order chi connectivity index (χ0) is 23.5. The standard InChI is InChI=1S/C26H30FN5OS/c1-19(25(33)31-17-7-9-20-8-3-4-10-23(20)31)34-26-29-28-24(18-30-15-5-2-6-16-30)32(26)22-13-11-21(27)12-14-22/h3-4,8,10-14,19H,2,5-7,9,15-18H2,1H3/t19-/m0/s1.